The monoisotopic (exact) mass is 317 g/mol. The summed E-state index contributed by atoms with van der Waals surface area (Å²) in [4.78, 5) is 2.48. The lowest BCUT2D eigenvalue weighted by molar-refractivity contribution is -0.0447. The number of hydrogen-bond acceptors (Lipinski definition) is 5. The summed E-state index contributed by atoms with van der Waals surface area (Å²) in [6, 6.07) is 6.61. The molecule has 0 amide bonds. The molecule has 1 aromatic carbocycles. The molecule has 0 N–H and O–H groups in total. The summed E-state index contributed by atoms with van der Waals surface area (Å²) < 4.78 is 22.9. The smallest absolute Gasteiger partial charge is 0.231 e. The molecule has 1 saturated heterocycles. The zero-order valence-corrected chi connectivity index (χ0v) is 13.3. The van der Waals surface area contributed by atoms with E-state index in [1.54, 1.807) is 0 Å². The van der Waals surface area contributed by atoms with Gasteiger partial charge in [0, 0.05) is 19.1 Å². The van der Waals surface area contributed by atoms with Gasteiger partial charge in [-0.05, 0) is 30.5 Å². The average Bonchev–Trinajstić information content (AvgIpc) is 3.12. The third-order valence-electron chi connectivity index (χ3n) is 4.90. The summed E-state index contributed by atoms with van der Waals surface area (Å²) in [6.45, 7) is 7.23. The molecular weight excluding hydrogens is 294 g/mol. The fourth-order valence-corrected chi connectivity index (χ4v) is 3.83. The lowest BCUT2D eigenvalue weighted by Crippen LogP contribution is -2.42. The molecule has 5 nitrogen and oxygen atoms in total. The molecule has 1 aliphatic carbocycles. The van der Waals surface area contributed by atoms with Crippen LogP contribution in [-0.2, 0) is 16.0 Å². The van der Waals surface area contributed by atoms with Crippen LogP contribution >= 0.6 is 0 Å². The van der Waals surface area contributed by atoms with Crippen molar-refractivity contribution in [2.24, 2.45) is 0 Å². The van der Waals surface area contributed by atoms with E-state index in [0.717, 1.165) is 44.0 Å². The number of benzene rings is 1. The van der Waals surface area contributed by atoms with E-state index in [1.807, 2.05) is 12.1 Å². The van der Waals surface area contributed by atoms with E-state index in [0.29, 0.717) is 19.4 Å². The second-order valence-electron chi connectivity index (χ2n) is 6.30. The Morgan fingerprint density at radius 1 is 1.26 bits per heavy atom. The molecule has 3 aliphatic rings. The van der Waals surface area contributed by atoms with E-state index >= 15 is 0 Å². The Morgan fingerprint density at radius 3 is 3.09 bits per heavy atom. The first kappa shape index (κ1) is 15.0. The predicted molar refractivity (Wildman–Crippen MR) is 85.7 cm³/mol. The van der Waals surface area contributed by atoms with Gasteiger partial charge in [0.1, 0.15) is 0 Å². The molecule has 23 heavy (non-hydrogen) atoms. The fourth-order valence-electron chi connectivity index (χ4n) is 3.83. The number of fused-ring (bicyclic) bond motifs is 3. The van der Waals surface area contributed by atoms with Crippen molar-refractivity contribution in [3.8, 4) is 11.5 Å². The highest BCUT2D eigenvalue weighted by atomic mass is 16.7. The summed E-state index contributed by atoms with van der Waals surface area (Å²) in [5.74, 6) is 1.68. The van der Waals surface area contributed by atoms with Crippen molar-refractivity contribution in [3.05, 3.63) is 36.4 Å². The minimum Gasteiger partial charge on any atom is -0.454 e. The molecule has 0 spiro atoms. The van der Waals surface area contributed by atoms with Gasteiger partial charge in [-0.1, -0.05) is 12.1 Å². The van der Waals surface area contributed by atoms with Crippen LogP contribution < -0.4 is 9.47 Å². The summed E-state index contributed by atoms with van der Waals surface area (Å²) in [5.41, 5.74) is 1.24. The fraction of sp³-hybridized carbons (Fsp3) is 0.556. The van der Waals surface area contributed by atoms with Gasteiger partial charge in [-0.15, -0.1) is 6.58 Å². The molecule has 0 aromatic heterocycles. The molecular formula is C18H23NO4. The Labute approximate surface area is 136 Å². The van der Waals surface area contributed by atoms with E-state index in [2.05, 4.69) is 23.6 Å². The summed E-state index contributed by atoms with van der Waals surface area (Å²) in [7, 11) is 0. The Bertz CT molecular complexity index is 576. The number of ether oxygens (including phenoxy) is 4. The first-order valence-corrected chi connectivity index (χ1v) is 8.32. The van der Waals surface area contributed by atoms with Gasteiger partial charge in [-0.25, -0.2) is 0 Å². The first-order valence-electron chi connectivity index (χ1n) is 8.32. The van der Waals surface area contributed by atoms with Crippen LogP contribution in [0.4, 0.5) is 0 Å². The van der Waals surface area contributed by atoms with Crippen molar-refractivity contribution < 1.29 is 18.9 Å². The van der Waals surface area contributed by atoms with Gasteiger partial charge in [0.05, 0.1) is 25.4 Å². The van der Waals surface area contributed by atoms with Gasteiger partial charge in [0.2, 0.25) is 6.79 Å². The SMILES string of the molecule is C=CCO[C@@H]1[C@H]2CC[C@H]1OCCN2Cc1ccc2c(c1)OCO2. The quantitative estimate of drug-likeness (QED) is 0.780. The second-order valence-corrected chi connectivity index (χ2v) is 6.30. The van der Waals surface area contributed by atoms with Gasteiger partial charge < -0.3 is 18.9 Å². The van der Waals surface area contributed by atoms with Crippen LogP contribution in [0.3, 0.4) is 0 Å². The Morgan fingerprint density at radius 2 is 2.17 bits per heavy atom. The van der Waals surface area contributed by atoms with Crippen molar-refractivity contribution in [1.82, 2.24) is 4.90 Å². The molecule has 2 heterocycles. The topological polar surface area (TPSA) is 40.2 Å². The van der Waals surface area contributed by atoms with E-state index in [4.69, 9.17) is 18.9 Å². The van der Waals surface area contributed by atoms with Crippen LogP contribution in [0, 0.1) is 0 Å². The van der Waals surface area contributed by atoms with E-state index < -0.39 is 0 Å². The van der Waals surface area contributed by atoms with Gasteiger partial charge >= 0.3 is 0 Å². The van der Waals surface area contributed by atoms with E-state index in [1.165, 1.54) is 5.56 Å². The zero-order chi connectivity index (χ0) is 15.6. The van der Waals surface area contributed by atoms with Gasteiger partial charge in [-0.3, -0.25) is 4.90 Å². The molecule has 124 valence electrons. The molecule has 1 saturated carbocycles. The zero-order valence-electron chi connectivity index (χ0n) is 13.3. The molecule has 4 rings (SSSR count). The predicted octanol–water partition coefficient (Wildman–Crippen LogP) is 2.35. The summed E-state index contributed by atoms with van der Waals surface area (Å²) in [6.07, 6.45) is 4.37. The molecule has 3 atom stereocenters. The van der Waals surface area contributed by atoms with Crippen molar-refractivity contribution in [2.45, 2.75) is 37.6 Å². The second kappa shape index (κ2) is 6.51. The third-order valence-corrected chi connectivity index (χ3v) is 4.90. The van der Waals surface area contributed by atoms with Crippen LogP contribution in [0.15, 0.2) is 30.9 Å². The van der Waals surface area contributed by atoms with Gasteiger partial charge in [0.15, 0.2) is 11.5 Å². The molecule has 1 aromatic rings. The van der Waals surface area contributed by atoms with Crippen LogP contribution in [0.2, 0.25) is 0 Å². The molecule has 0 radical (unpaired) electrons. The highest BCUT2D eigenvalue weighted by Crippen LogP contribution is 2.35. The summed E-state index contributed by atoms with van der Waals surface area (Å²) in [5, 5.41) is 0. The lowest BCUT2D eigenvalue weighted by atomic mass is 10.1. The van der Waals surface area contributed by atoms with Gasteiger partial charge in [-0.2, -0.15) is 0 Å². The standard InChI is InChI=1S/C18H23NO4/c1-2-8-21-18-14-4-6-16(18)20-9-7-19(14)11-13-3-5-15-17(10-13)23-12-22-15/h2-3,5,10,14,16,18H,1,4,6-9,11-12H2/t14-,16-,18-/m1/s1. The van der Waals surface area contributed by atoms with Crippen molar-refractivity contribution in [2.75, 3.05) is 26.6 Å². The lowest BCUT2D eigenvalue weighted by Gasteiger charge is -2.31. The Kier molecular flexibility index (Phi) is 4.25. The maximum Gasteiger partial charge on any atom is 0.231 e. The van der Waals surface area contributed by atoms with Crippen molar-refractivity contribution >= 4 is 0 Å². The Balaban J connectivity index is 1.50. The third kappa shape index (κ3) is 2.96. The van der Waals surface area contributed by atoms with Crippen LogP contribution in [0.5, 0.6) is 11.5 Å². The number of hydrogen-bond donors (Lipinski definition) is 0. The van der Waals surface area contributed by atoms with Crippen molar-refractivity contribution in [3.63, 3.8) is 0 Å². The Hall–Kier alpha value is -1.56. The maximum absolute atomic E-state index is 6.01. The van der Waals surface area contributed by atoms with Crippen molar-refractivity contribution in [1.29, 1.82) is 0 Å². The largest absolute Gasteiger partial charge is 0.454 e. The number of nitrogens with zero attached hydrogens (tertiary/aromatic N) is 1. The highest BCUT2D eigenvalue weighted by Gasteiger charge is 2.42. The van der Waals surface area contributed by atoms with E-state index in [-0.39, 0.29) is 12.2 Å². The molecule has 5 heteroatoms. The number of rotatable bonds is 5. The van der Waals surface area contributed by atoms with Gasteiger partial charge in [0.25, 0.3) is 0 Å². The molecule has 2 fully saturated rings. The minimum absolute atomic E-state index is 0.143. The molecule has 2 bridgehead atoms. The molecule has 0 unspecified atom stereocenters. The normalized spacial score (nSPS) is 29.5. The maximum atomic E-state index is 6.01. The average molecular weight is 317 g/mol. The minimum atomic E-state index is 0.143. The van der Waals surface area contributed by atoms with Crippen LogP contribution in [-0.4, -0.2) is 49.7 Å². The van der Waals surface area contributed by atoms with Crippen LogP contribution in [0.25, 0.3) is 0 Å². The van der Waals surface area contributed by atoms with E-state index in [9.17, 15) is 0 Å². The van der Waals surface area contributed by atoms with Crippen LogP contribution in [0.1, 0.15) is 18.4 Å². The summed E-state index contributed by atoms with van der Waals surface area (Å²) >= 11 is 0. The molecule has 2 aliphatic heterocycles. The highest BCUT2D eigenvalue weighted by molar-refractivity contribution is 5.44. The first-order chi connectivity index (χ1) is 11.3.